The van der Waals surface area contributed by atoms with E-state index in [4.69, 9.17) is 4.74 Å². The molecular formula is C20H28N2O. The van der Waals surface area contributed by atoms with Crippen molar-refractivity contribution >= 4 is 5.69 Å². The number of rotatable bonds is 4. The highest BCUT2D eigenvalue weighted by Gasteiger charge is 2.24. The van der Waals surface area contributed by atoms with Crippen LogP contribution in [0, 0.1) is 5.92 Å². The summed E-state index contributed by atoms with van der Waals surface area (Å²) in [5, 5.41) is 0. The average Bonchev–Trinajstić information content (AvgIpc) is 3.30. The molecule has 0 aliphatic carbocycles. The van der Waals surface area contributed by atoms with Crippen molar-refractivity contribution < 1.29 is 4.74 Å². The zero-order chi connectivity index (χ0) is 15.5. The fraction of sp³-hybridized carbons (Fsp3) is 0.600. The number of anilines is 1. The third-order valence-corrected chi connectivity index (χ3v) is 5.65. The van der Waals surface area contributed by atoms with Crippen LogP contribution >= 0.6 is 0 Å². The summed E-state index contributed by atoms with van der Waals surface area (Å²) in [6.07, 6.45) is 9.49. The summed E-state index contributed by atoms with van der Waals surface area (Å²) < 4.78 is 5.51. The molecule has 3 heterocycles. The van der Waals surface area contributed by atoms with E-state index >= 15 is 0 Å². The molecule has 3 heteroatoms. The van der Waals surface area contributed by atoms with Gasteiger partial charge in [-0.1, -0.05) is 18.2 Å². The topological polar surface area (TPSA) is 15.7 Å². The standard InChI is InChI=1S/C20H28N2O/c1-2-11-22(10-1)20-5-3-18(4-6-20)19-7-12-21(13-8-19)15-17-9-14-23-16-17/h1,3-6,10,17,19H,2,7-9,11-16H2. The van der Waals surface area contributed by atoms with Gasteiger partial charge in [0.2, 0.25) is 0 Å². The van der Waals surface area contributed by atoms with Gasteiger partial charge in [0, 0.05) is 31.6 Å². The molecule has 0 aromatic heterocycles. The minimum absolute atomic E-state index is 0.745. The van der Waals surface area contributed by atoms with Gasteiger partial charge < -0.3 is 14.5 Å². The second-order valence-corrected chi connectivity index (χ2v) is 7.26. The Bertz CT molecular complexity index is 525. The van der Waals surface area contributed by atoms with Crippen molar-refractivity contribution in [2.45, 2.75) is 31.6 Å². The molecule has 3 nitrogen and oxygen atoms in total. The third-order valence-electron chi connectivity index (χ3n) is 5.65. The van der Waals surface area contributed by atoms with Crippen molar-refractivity contribution in [1.82, 2.24) is 4.90 Å². The first kappa shape index (κ1) is 15.2. The van der Waals surface area contributed by atoms with Gasteiger partial charge in [0.15, 0.2) is 0 Å². The lowest BCUT2D eigenvalue weighted by Crippen LogP contribution is -2.36. The molecule has 23 heavy (non-hydrogen) atoms. The molecule has 1 aromatic rings. The summed E-state index contributed by atoms with van der Waals surface area (Å²) in [5.41, 5.74) is 2.86. The molecule has 0 saturated carbocycles. The molecule has 3 aliphatic heterocycles. The summed E-state index contributed by atoms with van der Waals surface area (Å²) in [6, 6.07) is 9.31. The van der Waals surface area contributed by atoms with Gasteiger partial charge >= 0.3 is 0 Å². The van der Waals surface area contributed by atoms with Gasteiger partial charge in [-0.2, -0.15) is 0 Å². The Hall–Kier alpha value is -1.32. The molecule has 2 saturated heterocycles. The Morgan fingerprint density at radius 1 is 1.00 bits per heavy atom. The number of nitrogens with zero attached hydrogens (tertiary/aromatic N) is 2. The van der Waals surface area contributed by atoms with Crippen molar-refractivity contribution in [3.05, 3.63) is 42.1 Å². The van der Waals surface area contributed by atoms with Gasteiger partial charge in [-0.3, -0.25) is 0 Å². The quantitative estimate of drug-likeness (QED) is 0.844. The van der Waals surface area contributed by atoms with E-state index in [1.807, 2.05) is 0 Å². The van der Waals surface area contributed by atoms with Crippen molar-refractivity contribution in [1.29, 1.82) is 0 Å². The lowest BCUT2D eigenvalue weighted by Gasteiger charge is -2.33. The molecule has 0 radical (unpaired) electrons. The van der Waals surface area contributed by atoms with Crippen LogP contribution in [-0.4, -0.2) is 44.3 Å². The molecule has 2 fully saturated rings. The molecule has 1 unspecified atom stereocenters. The van der Waals surface area contributed by atoms with Gasteiger partial charge in [0.25, 0.3) is 0 Å². The van der Waals surface area contributed by atoms with E-state index in [0.29, 0.717) is 0 Å². The smallest absolute Gasteiger partial charge is 0.0507 e. The van der Waals surface area contributed by atoms with E-state index in [-0.39, 0.29) is 0 Å². The molecule has 0 N–H and O–H groups in total. The molecule has 3 aliphatic rings. The molecule has 4 rings (SSSR count). The monoisotopic (exact) mass is 312 g/mol. The van der Waals surface area contributed by atoms with Crippen LogP contribution in [0.4, 0.5) is 5.69 Å². The zero-order valence-corrected chi connectivity index (χ0v) is 14.0. The van der Waals surface area contributed by atoms with E-state index in [0.717, 1.165) is 31.6 Å². The number of benzene rings is 1. The summed E-state index contributed by atoms with van der Waals surface area (Å²) in [5.74, 6) is 1.52. The molecule has 124 valence electrons. The number of hydrogen-bond donors (Lipinski definition) is 0. The molecule has 1 aromatic carbocycles. The van der Waals surface area contributed by atoms with E-state index in [2.05, 4.69) is 46.3 Å². The minimum atomic E-state index is 0.745. The lowest BCUT2D eigenvalue weighted by atomic mass is 9.89. The predicted octanol–water partition coefficient (Wildman–Crippen LogP) is 3.63. The van der Waals surface area contributed by atoms with Crippen molar-refractivity contribution in [3.63, 3.8) is 0 Å². The van der Waals surface area contributed by atoms with Crippen LogP contribution in [0.15, 0.2) is 36.5 Å². The van der Waals surface area contributed by atoms with Crippen LogP contribution in [0.2, 0.25) is 0 Å². The maximum absolute atomic E-state index is 5.51. The van der Waals surface area contributed by atoms with E-state index in [9.17, 15) is 0 Å². The van der Waals surface area contributed by atoms with Crippen LogP contribution in [0.5, 0.6) is 0 Å². The second-order valence-electron chi connectivity index (χ2n) is 7.26. The SMILES string of the molecule is C1=CN(c2ccc(C3CCN(CC4CCOC4)CC3)cc2)CC1. The van der Waals surface area contributed by atoms with E-state index < -0.39 is 0 Å². The fourth-order valence-electron chi connectivity index (χ4n) is 4.18. The number of hydrogen-bond acceptors (Lipinski definition) is 3. The van der Waals surface area contributed by atoms with Gasteiger partial charge in [-0.05, 0) is 68.3 Å². The first-order chi connectivity index (χ1) is 11.4. The maximum atomic E-state index is 5.51. The second kappa shape index (κ2) is 7.06. The third kappa shape index (κ3) is 3.61. The van der Waals surface area contributed by atoms with Crippen molar-refractivity contribution in [2.24, 2.45) is 5.92 Å². The van der Waals surface area contributed by atoms with Crippen molar-refractivity contribution in [2.75, 3.05) is 44.3 Å². The highest BCUT2D eigenvalue weighted by atomic mass is 16.5. The number of likely N-dealkylation sites (tertiary alicyclic amines) is 1. The first-order valence-electron chi connectivity index (χ1n) is 9.22. The van der Waals surface area contributed by atoms with Gasteiger partial charge in [0.1, 0.15) is 0 Å². The summed E-state index contributed by atoms with van der Waals surface area (Å²) in [6.45, 7) is 6.82. The Morgan fingerprint density at radius 2 is 1.83 bits per heavy atom. The van der Waals surface area contributed by atoms with Gasteiger partial charge in [-0.15, -0.1) is 0 Å². The van der Waals surface area contributed by atoms with Crippen LogP contribution < -0.4 is 4.90 Å². The van der Waals surface area contributed by atoms with Crippen LogP contribution in [-0.2, 0) is 4.74 Å². The van der Waals surface area contributed by atoms with Crippen molar-refractivity contribution in [3.8, 4) is 0 Å². The van der Waals surface area contributed by atoms with Gasteiger partial charge in [-0.25, -0.2) is 0 Å². The van der Waals surface area contributed by atoms with E-state index in [1.54, 1.807) is 0 Å². The minimum Gasteiger partial charge on any atom is -0.381 e. The number of piperidine rings is 1. The molecular weight excluding hydrogens is 284 g/mol. The zero-order valence-electron chi connectivity index (χ0n) is 14.0. The average molecular weight is 312 g/mol. The molecule has 1 atom stereocenters. The largest absolute Gasteiger partial charge is 0.381 e. The predicted molar refractivity (Wildman–Crippen MR) is 94.9 cm³/mol. The van der Waals surface area contributed by atoms with E-state index in [1.165, 1.54) is 56.6 Å². The maximum Gasteiger partial charge on any atom is 0.0507 e. The van der Waals surface area contributed by atoms with Crippen LogP contribution in [0.25, 0.3) is 0 Å². The summed E-state index contributed by atoms with van der Waals surface area (Å²) >= 11 is 0. The van der Waals surface area contributed by atoms with Crippen LogP contribution in [0.1, 0.15) is 37.2 Å². The summed E-state index contributed by atoms with van der Waals surface area (Å²) in [7, 11) is 0. The Balaban J connectivity index is 1.30. The molecule has 0 spiro atoms. The Morgan fingerprint density at radius 3 is 2.48 bits per heavy atom. The lowest BCUT2D eigenvalue weighted by molar-refractivity contribution is 0.152. The first-order valence-corrected chi connectivity index (χ1v) is 9.22. The van der Waals surface area contributed by atoms with Crippen LogP contribution in [0.3, 0.4) is 0 Å². The summed E-state index contributed by atoms with van der Waals surface area (Å²) in [4.78, 5) is 5.00. The molecule has 0 bridgehead atoms. The molecule has 0 amide bonds. The number of ether oxygens (including phenoxy) is 1. The highest BCUT2D eigenvalue weighted by Crippen LogP contribution is 2.30. The normalized spacial score (nSPS) is 26.3. The fourth-order valence-corrected chi connectivity index (χ4v) is 4.18. The Labute approximate surface area is 139 Å². The highest BCUT2D eigenvalue weighted by molar-refractivity contribution is 5.51. The Kier molecular flexibility index (Phi) is 4.67. The van der Waals surface area contributed by atoms with Gasteiger partial charge in [0.05, 0.1) is 6.61 Å².